The lowest BCUT2D eigenvalue weighted by Gasteiger charge is -2.43. The van der Waals surface area contributed by atoms with Gasteiger partial charge >= 0.3 is 0 Å². The largest absolute Gasteiger partial charge is 0.508 e. The third-order valence-corrected chi connectivity index (χ3v) is 12.3. The van der Waals surface area contributed by atoms with E-state index in [1.165, 1.54) is 27.8 Å². The number of carbonyl (C=O) groups excluding carboxylic acids is 4. The summed E-state index contributed by atoms with van der Waals surface area (Å²) >= 11 is 0. The fourth-order valence-electron chi connectivity index (χ4n) is 9.16. The summed E-state index contributed by atoms with van der Waals surface area (Å²) in [6.07, 6.45) is 5.63. The van der Waals surface area contributed by atoms with E-state index in [1.54, 1.807) is 24.3 Å². The van der Waals surface area contributed by atoms with Gasteiger partial charge in [0.05, 0.1) is 11.1 Å². The van der Waals surface area contributed by atoms with E-state index in [2.05, 4.69) is 81.5 Å². The third-order valence-electron chi connectivity index (χ3n) is 12.3. The normalized spacial score (nSPS) is 20.1. The molecule has 3 fully saturated rings. The number of likely N-dealkylation sites (tertiary alicyclic amines) is 1. The Morgan fingerprint density at radius 1 is 0.719 bits per heavy atom. The molecule has 0 spiro atoms. The fourth-order valence-corrected chi connectivity index (χ4v) is 9.16. The maximum Gasteiger partial charge on any atom is 0.262 e. The van der Waals surface area contributed by atoms with Crippen LogP contribution in [0.4, 0.5) is 5.69 Å². The van der Waals surface area contributed by atoms with Crippen LogP contribution >= 0.6 is 0 Å². The Hall–Kier alpha value is -5.58. The van der Waals surface area contributed by atoms with Gasteiger partial charge in [-0.1, -0.05) is 73.7 Å². The lowest BCUT2D eigenvalue weighted by atomic mass is 9.87. The van der Waals surface area contributed by atoms with Crippen LogP contribution in [-0.4, -0.2) is 101 Å². The molecule has 3 saturated heterocycles. The SMILES string of the molecule is CCC(=C(c1ccc(O)cc1)c1ccc(CCCN2CCC(N3CCN(c4ccc5c(c4)C(=O)N(C4CCC(=O)NC4=O)C5=O)CC3)CC2)cc1)c1ccccc1. The van der Waals surface area contributed by atoms with Crippen LogP contribution < -0.4 is 10.2 Å². The molecule has 10 heteroatoms. The van der Waals surface area contributed by atoms with Crippen LogP contribution in [-0.2, 0) is 16.0 Å². The number of piperazine rings is 1. The Morgan fingerprint density at radius 3 is 2.05 bits per heavy atom. The van der Waals surface area contributed by atoms with Crippen molar-refractivity contribution in [2.75, 3.05) is 50.7 Å². The number of aromatic hydroxyl groups is 1. The predicted molar refractivity (Wildman–Crippen MR) is 222 cm³/mol. The zero-order valence-electron chi connectivity index (χ0n) is 32.7. The maximum absolute atomic E-state index is 13.4. The molecule has 4 amide bonds. The first-order chi connectivity index (χ1) is 27.8. The molecule has 4 heterocycles. The van der Waals surface area contributed by atoms with E-state index >= 15 is 0 Å². The average molecular weight is 766 g/mol. The number of carbonyl (C=O) groups is 4. The highest BCUT2D eigenvalue weighted by atomic mass is 16.3. The van der Waals surface area contributed by atoms with Crippen LogP contribution in [0.1, 0.15) is 88.4 Å². The number of nitrogens with zero attached hydrogens (tertiary/aromatic N) is 4. The van der Waals surface area contributed by atoms with Gasteiger partial charge in [0.25, 0.3) is 11.8 Å². The highest BCUT2D eigenvalue weighted by molar-refractivity contribution is 6.23. The van der Waals surface area contributed by atoms with Gasteiger partial charge in [-0.3, -0.25) is 34.3 Å². The lowest BCUT2D eigenvalue weighted by molar-refractivity contribution is -0.136. The molecule has 4 aliphatic rings. The first-order valence-corrected chi connectivity index (χ1v) is 20.5. The summed E-state index contributed by atoms with van der Waals surface area (Å²) in [6, 6.07) is 32.2. The van der Waals surface area contributed by atoms with Crippen LogP contribution in [0.2, 0.25) is 0 Å². The lowest BCUT2D eigenvalue weighted by Crippen LogP contribution is -2.54. The van der Waals surface area contributed by atoms with Gasteiger partial charge in [-0.2, -0.15) is 0 Å². The number of rotatable bonds is 11. The minimum Gasteiger partial charge on any atom is -0.508 e. The van der Waals surface area contributed by atoms with Crippen molar-refractivity contribution in [3.63, 3.8) is 0 Å². The molecule has 0 radical (unpaired) electrons. The van der Waals surface area contributed by atoms with Crippen LogP contribution in [0.25, 0.3) is 11.1 Å². The molecule has 4 aromatic carbocycles. The molecule has 0 aromatic heterocycles. The van der Waals surface area contributed by atoms with Gasteiger partial charge in [0, 0.05) is 44.3 Å². The first kappa shape index (κ1) is 38.3. The van der Waals surface area contributed by atoms with Gasteiger partial charge in [0.15, 0.2) is 0 Å². The van der Waals surface area contributed by atoms with Gasteiger partial charge in [-0.25, -0.2) is 0 Å². The second-order valence-electron chi connectivity index (χ2n) is 15.7. The van der Waals surface area contributed by atoms with E-state index in [9.17, 15) is 24.3 Å². The van der Waals surface area contributed by atoms with Crippen molar-refractivity contribution in [2.24, 2.45) is 0 Å². The van der Waals surface area contributed by atoms with Crippen molar-refractivity contribution >= 4 is 40.5 Å². The van der Waals surface area contributed by atoms with Crippen molar-refractivity contribution < 1.29 is 24.3 Å². The average Bonchev–Trinajstić information content (AvgIpc) is 3.49. The number of anilines is 1. The molecule has 0 aliphatic carbocycles. The Morgan fingerprint density at radius 2 is 1.39 bits per heavy atom. The topological polar surface area (TPSA) is 114 Å². The van der Waals surface area contributed by atoms with Crippen LogP contribution in [0.5, 0.6) is 5.75 Å². The second-order valence-corrected chi connectivity index (χ2v) is 15.7. The molecule has 294 valence electrons. The number of nitrogens with one attached hydrogen (secondary N) is 1. The highest BCUT2D eigenvalue weighted by Crippen LogP contribution is 2.36. The quantitative estimate of drug-likeness (QED) is 0.134. The van der Waals surface area contributed by atoms with Gasteiger partial charge in [-0.05, 0) is 122 Å². The van der Waals surface area contributed by atoms with Gasteiger partial charge < -0.3 is 14.9 Å². The molecule has 0 bridgehead atoms. The third kappa shape index (κ3) is 8.15. The van der Waals surface area contributed by atoms with Crippen molar-refractivity contribution in [1.82, 2.24) is 20.0 Å². The van der Waals surface area contributed by atoms with E-state index in [0.717, 1.165) is 94.1 Å². The Labute approximate surface area is 334 Å². The van der Waals surface area contributed by atoms with Crippen LogP contribution in [0.15, 0.2) is 97.1 Å². The molecule has 4 aromatic rings. The number of imide groups is 2. The molecule has 2 N–H and O–H groups in total. The number of hydrogen-bond acceptors (Lipinski definition) is 8. The monoisotopic (exact) mass is 765 g/mol. The molecular formula is C47H51N5O5. The molecule has 0 saturated carbocycles. The van der Waals surface area contributed by atoms with Gasteiger partial charge in [0.1, 0.15) is 11.8 Å². The molecule has 4 aliphatic heterocycles. The van der Waals surface area contributed by atoms with Gasteiger partial charge in [0.2, 0.25) is 11.8 Å². The zero-order chi connectivity index (χ0) is 39.5. The number of phenols is 1. The number of benzene rings is 4. The van der Waals surface area contributed by atoms with Crippen molar-refractivity contribution in [2.45, 2.75) is 64.0 Å². The van der Waals surface area contributed by atoms with E-state index in [4.69, 9.17) is 0 Å². The Balaban J connectivity index is 0.809. The van der Waals surface area contributed by atoms with E-state index < -0.39 is 23.8 Å². The molecule has 8 rings (SSSR count). The van der Waals surface area contributed by atoms with E-state index in [1.807, 2.05) is 18.2 Å². The number of hydrogen-bond donors (Lipinski definition) is 2. The summed E-state index contributed by atoms with van der Waals surface area (Å²) in [6.45, 7) is 9.08. The number of allylic oxidation sites excluding steroid dienone is 1. The van der Waals surface area contributed by atoms with Crippen LogP contribution in [0, 0.1) is 0 Å². The molecule has 57 heavy (non-hydrogen) atoms. The van der Waals surface area contributed by atoms with Crippen molar-refractivity contribution in [3.05, 3.63) is 130 Å². The maximum atomic E-state index is 13.4. The molecule has 1 atom stereocenters. The van der Waals surface area contributed by atoms with Crippen LogP contribution in [0.3, 0.4) is 0 Å². The second kappa shape index (κ2) is 16.9. The number of piperidine rings is 2. The Kier molecular flexibility index (Phi) is 11.3. The summed E-state index contributed by atoms with van der Waals surface area (Å²) in [4.78, 5) is 59.1. The summed E-state index contributed by atoms with van der Waals surface area (Å²) in [5.74, 6) is -1.64. The smallest absolute Gasteiger partial charge is 0.262 e. The summed E-state index contributed by atoms with van der Waals surface area (Å²) in [5, 5.41) is 12.2. The summed E-state index contributed by atoms with van der Waals surface area (Å²) < 4.78 is 0. The minimum absolute atomic E-state index is 0.105. The fraction of sp³-hybridized carbons (Fsp3) is 0.362. The predicted octanol–water partition coefficient (Wildman–Crippen LogP) is 6.38. The highest BCUT2D eigenvalue weighted by Gasteiger charge is 2.45. The number of aryl methyl sites for hydroxylation is 1. The number of phenolic OH excluding ortho intramolecular Hbond substituents is 1. The summed E-state index contributed by atoms with van der Waals surface area (Å²) in [7, 11) is 0. The molecular weight excluding hydrogens is 715 g/mol. The van der Waals surface area contributed by atoms with Gasteiger partial charge in [-0.15, -0.1) is 0 Å². The zero-order valence-corrected chi connectivity index (χ0v) is 32.7. The molecule has 10 nitrogen and oxygen atoms in total. The number of amides is 4. The first-order valence-electron chi connectivity index (χ1n) is 20.5. The molecule has 1 unspecified atom stereocenters. The number of fused-ring (bicyclic) bond motifs is 1. The summed E-state index contributed by atoms with van der Waals surface area (Å²) in [5.41, 5.74) is 8.90. The van der Waals surface area contributed by atoms with E-state index in [-0.39, 0.29) is 24.5 Å². The van der Waals surface area contributed by atoms with Crippen molar-refractivity contribution in [1.29, 1.82) is 0 Å². The van der Waals surface area contributed by atoms with Crippen molar-refractivity contribution in [3.8, 4) is 5.75 Å². The van der Waals surface area contributed by atoms with E-state index in [0.29, 0.717) is 17.2 Å². The standard InChI is InChI=1S/C47H51N5O5/c1-2-39(33-8-4-3-5-9-33)44(35-14-17-38(53)18-15-35)34-12-10-32(11-13-34)7-6-24-49-25-22-36(23-26-49)50-27-29-51(30-28-50)37-16-19-40-41(31-37)47(57)52(46(40)56)42-20-21-43(54)48-45(42)55/h3-5,8-19,31,36,42,53H,2,6-7,20-30H2,1H3,(H,48,54,55). The Bertz CT molecular complexity index is 2150. The minimum atomic E-state index is -0.957.